The number of nitrogens with zero attached hydrogens (tertiary/aromatic N) is 4. The number of fused-ring (bicyclic) bond motifs is 1. The van der Waals surface area contributed by atoms with Crippen LogP contribution in [-0.4, -0.2) is 47.5 Å². The van der Waals surface area contributed by atoms with E-state index in [0.29, 0.717) is 0 Å². The van der Waals surface area contributed by atoms with Crippen LogP contribution in [0.2, 0.25) is 0 Å². The van der Waals surface area contributed by atoms with Crippen LogP contribution < -0.4 is 10.6 Å². The normalized spacial score (nSPS) is 16.1. The largest absolute Gasteiger partial charge is 0.399 e. The fraction of sp³-hybridized carbons (Fsp3) is 0.278. The van der Waals surface area contributed by atoms with Crippen molar-refractivity contribution in [3.8, 4) is 11.3 Å². The fourth-order valence-corrected chi connectivity index (χ4v) is 3.21. The van der Waals surface area contributed by atoms with E-state index in [9.17, 15) is 0 Å². The quantitative estimate of drug-likeness (QED) is 0.738. The first-order chi connectivity index (χ1) is 11.2. The van der Waals surface area contributed by atoms with E-state index in [-0.39, 0.29) is 0 Å². The number of benzene rings is 1. The summed E-state index contributed by atoms with van der Waals surface area (Å²) in [6.07, 6.45) is 3.98. The lowest BCUT2D eigenvalue weighted by atomic mass is 10.1. The molecule has 0 atom stereocenters. The number of piperazine rings is 1. The predicted octanol–water partition coefficient (Wildman–Crippen LogP) is 2.34. The molecule has 3 heterocycles. The molecule has 1 aliphatic heterocycles. The van der Waals surface area contributed by atoms with Gasteiger partial charge in [-0.25, -0.2) is 4.98 Å². The monoisotopic (exact) mass is 307 g/mol. The Morgan fingerprint density at radius 3 is 2.70 bits per heavy atom. The maximum atomic E-state index is 6.07. The van der Waals surface area contributed by atoms with E-state index in [0.717, 1.165) is 48.8 Å². The second-order valence-corrected chi connectivity index (χ2v) is 6.14. The van der Waals surface area contributed by atoms with E-state index in [1.165, 1.54) is 5.69 Å². The van der Waals surface area contributed by atoms with Gasteiger partial charge in [-0.15, -0.1) is 0 Å². The molecular formula is C18H21N5. The maximum Gasteiger partial charge on any atom is 0.137 e. The number of nitrogens with two attached hydrogens (primary N) is 1. The summed E-state index contributed by atoms with van der Waals surface area (Å²) in [5.41, 5.74) is 11.3. The van der Waals surface area contributed by atoms with Gasteiger partial charge in [0.1, 0.15) is 5.65 Å². The number of hydrogen-bond donors (Lipinski definition) is 1. The van der Waals surface area contributed by atoms with Gasteiger partial charge in [-0.3, -0.25) is 4.40 Å². The highest BCUT2D eigenvalue weighted by atomic mass is 15.2. The Hall–Kier alpha value is -2.53. The van der Waals surface area contributed by atoms with Crippen LogP contribution in [0, 0.1) is 0 Å². The third-order valence-electron chi connectivity index (χ3n) is 4.56. The Kier molecular flexibility index (Phi) is 3.42. The van der Waals surface area contributed by atoms with Crippen LogP contribution in [0.3, 0.4) is 0 Å². The third-order valence-corrected chi connectivity index (χ3v) is 4.56. The molecule has 0 amide bonds. The Balaban J connectivity index is 1.83. The van der Waals surface area contributed by atoms with Crippen LogP contribution in [0.4, 0.5) is 11.4 Å². The number of aromatic nitrogens is 2. The highest BCUT2D eigenvalue weighted by Crippen LogP contribution is 2.33. The molecule has 1 aromatic carbocycles. The number of rotatable bonds is 2. The number of pyridine rings is 1. The summed E-state index contributed by atoms with van der Waals surface area (Å²) in [4.78, 5) is 9.32. The van der Waals surface area contributed by atoms with Gasteiger partial charge in [0, 0.05) is 49.3 Å². The van der Waals surface area contributed by atoms with Gasteiger partial charge in [-0.2, -0.15) is 0 Å². The SMILES string of the molecule is CN1CCN(c2ccc(N)cc2-c2cnc3ccccn23)CC1. The van der Waals surface area contributed by atoms with Crippen LogP contribution >= 0.6 is 0 Å². The van der Waals surface area contributed by atoms with Crippen LogP contribution in [0.1, 0.15) is 0 Å². The number of hydrogen-bond acceptors (Lipinski definition) is 4. The van der Waals surface area contributed by atoms with Crippen molar-refractivity contribution in [2.45, 2.75) is 0 Å². The Morgan fingerprint density at radius 1 is 1.04 bits per heavy atom. The summed E-state index contributed by atoms with van der Waals surface area (Å²) in [5.74, 6) is 0. The molecule has 0 saturated carbocycles. The lowest BCUT2D eigenvalue weighted by molar-refractivity contribution is 0.313. The molecule has 0 aliphatic carbocycles. The van der Waals surface area contributed by atoms with Crippen LogP contribution in [0.25, 0.3) is 16.9 Å². The van der Waals surface area contributed by atoms with E-state index in [4.69, 9.17) is 5.73 Å². The third kappa shape index (κ3) is 2.53. The van der Waals surface area contributed by atoms with Crippen molar-refractivity contribution in [1.29, 1.82) is 0 Å². The van der Waals surface area contributed by atoms with E-state index in [2.05, 4.69) is 44.6 Å². The van der Waals surface area contributed by atoms with Crippen LogP contribution in [0.15, 0.2) is 48.8 Å². The standard InChI is InChI=1S/C18H21N5/c1-21-8-10-22(11-9-21)16-6-5-14(19)12-15(16)17-13-20-18-4-2-3-7-23(17)18/h2-7,12-13H,8-11,19H2,1H3. The second kappa shape index (κ2) is 5.59. The molecule has 0 spiro atoms. The zero-order valence-corrected chi connectivity index (χ0v) is 13.3. The molecule has 0 unspecified atom stereocenters. The molecule has 3 aromatic rings. The summed E-state index contributed by atoms with van der Waals surface area (Å²) >= 11 is 0. The zero-order valence-electron chi connectivity index (χ0n) is 13.3. The molecular weight excluding hydrogens is 286 g/mol. The maximum absolute atomic E-state index is 6.07. The molecule has 2 N–H and O–H groups in total. The van der Waals surface area contributed by atoms with E-state index >= 15 is 0 Å². The lowest BCUT2D eigenvalue weighted by Gasteiger charge is -2.35. The Bertz CT molecular complexity index is 830. The van der Waals surface area contributed by atoms with E-state index in [1.54, 1.807) is 0 Å². The highest BCUT2D eigenvalue weighted by molar-refractivity contribution is 5.81. The van der Waals surface area contributed by atoms with Crippen molar-refractivity contribution < 1.29 is 0 Å². The van der Waals surface area contributed by atoms with Crippen molar-refractivity contribution >= 4 is 17.0 Å². The molecule has 23 heavy (non-hydrogen) atoms. The van der Waals surface area contributed by atoms with Gasteiger partial charge in [0.15, 0.2) is 0 Å². The van der Waals surface area contributed by atoms with Crippen LogP contribution in [0.5, 0.6) is 0 Å². The smallest absolute Gasteiger partial charge is 0.137 e. The summed E-state index contributed by atoms with van der Waals surface area (Å²) in [7, 11) is 2.17. The molecule has 0 radical (unpaired) electrons. The topological polar surface area (TPSA) is 49.8 Å². The number of imidazole rings is 1. The molecule has 118 valence electrons. The van der Waals surface area contributed by atoms with Crippen molar-refractivity contribution in [2.24, 2.45) is 0 Å². The Morgan fingerprint density at radius 2 is 1.87 bits per heavy atom. The van der Waals surface area contributed by atoms with Gasteiger partial charge in [0.05, 0.1) is 11.9 Å². The summed E-state index contributed by atoms with van der Waals surface area (Å²) in [5, 5.41) is 0. The number of anilines is 2. The van der Waals surface area contributed by atoms with E-state index < -0.39 is 0 Å². The van der Waals surface area contributed by atoms with Gasteiger partial charge in [0.2, 0.25) is 0 Å². The first-order valence-electron chi connectivity index (χ1n) is 7.98. The van der Waals surface area contributed by atoms with Crippen LogP contribution in [-0.2, 0) is 0 Å². The molecule has 1 saturated heterocycles. The predicted molar refractivity (Wildman–Crippen MR) is 94.8 cm³/mol. The molecule has 1 aliphatic rings. The van der Waals surface area contributed by atoms with Gasteiger partial charge < -0.3 is 15.5 Å². The van der Waals surface area contributed by atoms with Crippen molar-refractivity contribution in [3.05, 3.63) is 48.8 Å². The molecule has 4 rings (SSSR count). The van der Waals surface area contributed by atoms with Gasteiger partial charge >= 0.3 is 0 Å². The minimum Gasteiger partial charge on any atom is -0.399 e. The number of likely N-dealkylation sites (N-methyl/N-ethyl adjacent to an activating group) is 1. The molecule has 5 nitrogen and oxygen atoms in total. The van der Waals surface area contributed by atoms with Gasteiger partial charge in [-0.05, 0) is 37.4 Å². The van der Waals surface area contributed by atoms with Crippen molar-refractivity contribution in [3.63, 3.8) is 0 Å². The minimum atomic E-state index is 0.781. The van der Waals surface area contributed by atoms with Crippen molar-refractivity contribution in [1.82, 2.24) is 14.3 Å². The average Bonchev–Trinajstić information content (AvgIpc) is 3.00. The Labute approximate surface area is 136 Å². The minimum absolute atomic E-state index is 0.781. The summed E-state index contributed by atoms with van der Waals surface area (Å²) < 4.78 is 2.12. The first-order valence-corrected chi connectivity index (χ1v) is 7.98. The molecule has 5 heteroatoms. The summed E-state index contributed by atoms with van der Waals surface area (Å²) in [6.45, 7) is 4.22. The second-order valence-electron chi connectivity index (χ2n) is 6.14. The molecule has 1 fully saturated rings. The van der Waals surface area contributed by atoms with Gasteiger partial charge in [0.25, 0.3) is 0 Å². The van der Waals surface area contributed by atoms with Gasteiger partial charge in [-0.1, -0.05) is 6.07 Å². The molecule has 2 aromatic heterocycles. The highest BCUT2D eigenvalue weighted by Gasteiger charge is 2.19. The number of nitrogen functional groups attached to an aromatic ring is 1. The fourth-order valence-electron chi connectivity index (χ4n) is 3.21. The first kappa shape index (κ1) is 14.1. The van der Waals surface area contributed by atoms with E-state index in [1.807, 2.05) is 30.5 Å². The average molecular weight is 307 g/mol. The van der Waals surface area contributed by atoms with Crippen molar-refractivity contribution in [2.75, 3.05) is 43.9 Å². The summed E-state index contributed by atoms with van der Waals surface area (Å²) in [6, 6.07) is 12.2. The lowest BCUT2D eigenvalue weighted by Crippen LogP contribution is -2.44. The zero-order chi connectivity index (χ0) is 15.8. The molecule has 0 bridgehead atoms.